The molecule has 2 aromatic carbocycles. The van der Waals surface area contributed by atoms with Gasteiger partial charge in [-0.2, -0.15) is 0 Å². The van der Waals surface area contributed by atoms with Gasteiger partial charge in [-0.15, -0.1) is 0 Å². The van der Waals surface area contributed by atoms with Gasteiger partial charge in [0.15, 0.2) is 11.5 Å². The number of rotatable bonds is 5. The minimum absolute atomic E-state index is 0.0219. The van der Waals surface area contributed by atoms with Crippen LogP contribution in [0, 0.1) is 0 Å². The zero-order chi connectivity index (χ0) is 19.4. The number of ether oxygens (including phenoxy) is 2. The van der Waals surface area contributed by atoms with Crippen molar-refractivity contribution in [1.82, 2.24) is 0 Å². The molecule has 2 aromatic rings. The molecule has 1 N–H and O–H groups in total. The van der Waals surface area contributed by atoms with Crippen LogP contribution in [0.5, 0.6) is 11.5 Å². The number of carbonyl (C=O) groups excluding carboxylic acids is 2. The average molecular weight is 367 g/mol. The first-order chi connectivity index (χ1) is 12.9. The maximum absolute atomic E-state index is 12.3. The van der Waals surface area contributed by atoms with Crippen molar-refractivity contribution in [3.05, 3.63) is 53.1 Å². The third-order valence-electron chi connectivity index (χ3n) is 4.59. The Bertz CT molecular complexity index is 852. The van der Waals surface area contributed by atoms with Gasteiger partial charge in [-0.25, -0.2) is 0 Å². The molecule has 142 valence electrons. The standard InChI is InChI=1S/C22H25NO4/c1-22(2,3)17-6-4-15(16(12-17)14-24)5-9-21(25)23-18-7-8-19-20(13-18)27-11-10-26-19/h4,6-8,12-14H,5,9-11H2,1-3H3,(H,23,25). The lowest BCUT2D eigenvalue weighted by molar-refractivity contribution is -0.116. The number of nitrogens with one attached hydrogen (secondary N) is 1. The van der Waals surface area contributed by atoms with Gasteiger partial charge in [-0.05, 0) is 41.2 Å². The largest absolute Gasteiger partial charge is 0.486 e. The number of amides is 1. The minimum atomic E-state index is -0.108. The molecule has 3 rings (SSSR count). The van der Waals surface area contributed by atoms with Crippen molar-refractivity contribution in [3.63, 3.8) is 0 Å². The van der Waals surface area contributed by atoms with E-state index in [-0.39, 0.29) is 11.3 Å². The summed E-state index contributed by atoms with van der Waals surface area (Å²) < 4.78 is 11.0. The summed E-state index contributed by atoms with van der Waals surface area (Å²) in [5.41, 5.74) is 3.29. The van der Waals surface area contributed by atoms with Crippen molar-refractivity contribution in [2.45, 2.75) is 39.0 Å². The van der Waals surface area contributed by atoms with Crippen LogP contribution in [0.3, 0.4) is 0 Å². The molecule has 0 fully saturated rings. The summed E-state index contributed by atoms with van der Waals surface area (Å²) in [5, 5.41) is 2.87. The molecule has 0 saturated carbocycles. The van der Waals surface area contributed by atoms with Crippen molar-refractivity contribution < 1.29 is 19.1 Å². The second-order valence-corrected chi connectivity index (χ2v) is 7.69. The molecule has 1 aliphatic rings. The molecule has 0 radical (unpaired) electrons. The van der Waals surface area contributed by atoms with Crippen LogP contribution in [0.1, 0.15) is 48.7 Å². The maximum Gasteiger partial charge on any atom is 0.224 e. The lowest BCUT2D eigenvalue weighted by Crippen LogP contribution is -2.17. The zero-order valence-corrected chi connectivity index (χ0v) is 16.0. The summed E-state index contributed by atoms with van der Waals surface area (Å²) in [6.45, 7) is 7.36. The van der Waals surface area contributed by atoms with Crippen molar-refractivity contribution in [2.24, 2.45) is 0 Å². The lowest BCUT2D eigenvalue weighted by Gasteiger charge is -2.20. The molecule has 0 bridgehead atoms. The Hall–Kier alpha value is -2.82. The second kappa shape index (κ2) is 7.82. The van der Waals surface area contributed by atoms with Crippen LogP contribution in [0.15, 0.2) is 36.4 Å². The molecule has 5 nitrogen and oxygen atoms in total. The second-order valence-electron chi connectivity index (χ2n) is 7.69. The van der Waals surface area contributed by atoms with Crippen LogP contribution in [-0.4, -0.2) is 25.4 Å². The number of aryl methyl sites for hydroxylation is 1. The number of hydrogen-bond acceptors (Lipinski definition) is 4. The lowest BCUT2D eigenvalue weighted by atomic mass is 9.85. The number of anilines is 1. The number of hydrogen-bond donors (Lipinski definition) is 1. The molecular formula is C22H25NO4. The van der Waals surface area contributed by atoms with Crippen molar-refractivity contribution in [2.75, 3.05) is 18.5 Å². The zero-order valence-electron chi connectivity index (χ0n) is 16.0. The van der Waals surface area contributed by atoms with Gasteiger partial charge in [0.2, 0.25) is 5.91 Å². The van der Waals surface area contributed by atoms with Gasteiger partial charge in [-0.1, -0.05) is 32.9 Å². The summed E-state index contributed by atoms with van der Waals surface area (Å²) in [6, 6.07) is 11.2. The molecule has 0 atom stereocenters. The molecule has 5 heteroatoms. The smallest absolute Gasteiger partial charge is 0.224 e. The first-order valence-corrected chi connectivity index (χ1v) is 9.15. The van der Waals surface area contributed by atoms with Gasteiger partial charge in [0.25, 0.3) is 0 Å². The van der Waals surface area contributed by atoms with Crippen LogP contribution in [0.4, 0.5) is 5.69 Å². The highest BCUT2D eigenvalue weighted by Gasteiger charge is 2.16. The summed E-state index contributed by atoms with van der Waals surface area (Å²) >= 11 is 0. The number of carbonyl (C=O) groups is 2. The van der Waals surface area contributed by atoms with E-state index in [9.17, 15) is 9.59 Å². The van der Waals surface area contributed by atoms with E-state index >= 15 is 0 Å². The predicted octanol–water partition coefficient (Wildman–Crippen LogP) is 4.14. The SMILES string of the molecule is CC(C)(C)c1ccc(CCC(=O)Nc2ccc3c(c2)OCCO3)c(C=O)c1. The van der Waals surface area contributed by atoms with E-state index in [2.05, 4.69) is 26.1 Å². The molecule has 0 aliphatic carbocycles. The highest BCUT2D eigenvalue weighted by Crippen LogP contribution is 2.32. The first-order valence-electron chi connectivity index (χ1n) is 9.15. The fourth-order valence-electron chi connectivity index (χ4n) is 2.99. The monoisotopic (exact) mass is 367 g/mol. The first kappa shape index (κ1) is 19.0. The number of fused-ring (bicyclic) bond motifs is 1. The van der Waals surface area contributed by atoms with E-state index in [0.717, 1.165) is 17.4 Å². The van der Waals surface area contributed by atoms with Gasteiger partial charge >= 0.3 is 0 Å². The minimum Gasteiger partial charge on any atom is -0.486 e. The Balaban J connectivity index is 1.63. The van der Waals surface area contributed by atoms with Crippen LogP contribution in [-0.2, 0) is 16.6 Å². The van der Waals surface area contributed by atoms with E-state index in [0.29, 0.717) is 48.8 Å². The molecule has 0 unspecified atom stereocenters. The molecule has 1 amide bonds. The van der Waals surface area contributed by atoms with Gasteiger partial charge < -0.3 is 14.8 Å². The Morgan fingerprint density at radius 2 is 1.81 bits per heavy atom. The van der Waals surface area contributed by atoms with E-state index in [1.54, 1.807) is 18.2 Å². The maximum atomic E-state index is 12.3. The van der Waals surface area contributed by atoms with Gasteiger partial charge in [0.1, 0.15) is 19.5 Å². The molecule has 27 heavy (non-hydrogen) atoms. The molecule has 0 saturated heterocycles. The van der Waals surface area contributed by atoms with E-state index in [1.807, 2.05) is 18.2 Å². The van der Waals surface area contributed by atoms with E-state index in [4.69, 9.17) is 9.47 Å². The van der Waals surface area contributed by atoms with E-state index in [1.165, 1.54) is 0 Å². The summed E-state index contributed by atoms with van der Waals surface area (Å²) in [7, 11) is 0. The molecular weight excluding hydrogens is 342 g/mol. The molecule has 1 heterocycles. The fourth-order valence-corrected chi connectivity index (χ4v) is 2.99. The average Bonchev–Trinajstić information content (AvgIpc) is 2.65. The van der Waals surface area contributed by atoms with Crippen molar-refractivity contribution >= 4 is 17.9 Å². The number of benzene rings is 2. The summed E-state index contributed by atoms with van der Waals surface area (Å²) in [4.78, 5) is 23.8. The summed E-state index contributed by atoms with van der Waals surface area (Å²) in [6.07, 6.45) is 1.67. The van der Waals surface area contributed by atoms with Gasteiger partial charge in [0, 0.05) is 23.7 Å². The number of aldehydes is 1. The van der Waals surface area contributed by atoms with Gasteiger partial charge in [0.05, 0.1) is 0 Å². The normalized spacial score (nSPS) is 13.1. The Morgan fingerprint density at radius 3 is 2.52 bits per heavy atom. The molecule has 0 aromatic heterocycles. The molecule has 0 spiro atoms. The Morgan fingerprint density at radius 1 is 1.07 bits per heavy atom. The third kappa shape index (κ3) is 4.67. The van der Waals surface area contributed by atoms with Crippen molar-refractivity contribution in [3.8, 4) is 11.5 Å². The quantitative estimate of drug-likeness (QED) is 0.807. The van der Waals surface area contributed by atoms with Crippen LogP contribution in [0.2, 0.25) is 0 Å². The molecule has 1 aliphatic heterocycles. The Kier molecular flexibility index (Phi) is 5.49. The highest BCUT2D eigenvalue weighted by atomic mass is 16.6. The van der Waals surface area contributed by atoms with Crippen LogP contribution < -0.4 is 14.8 Å². The third-order valence-corrected chi connectivity index (χ3v) is 4.59. The summed E-state index contributed by atoms with van der Waals surface area (Å²) in [5.74, 6) is 1.22. The van der Waals surface area contributed by atoms with Crippen molar-refractivity contribution in [1.29, 1.82) is 0 Å². The van der Waals surface area contributed by atoms with Gasteiger partial charge in [-0.3, -0.25) is 9.59 Å². The fraction of sp³-hybridized carbons (Fsp3) is 0.364. The Labute approximate surface area is 159 Å². The van der Waals surface area contributed by atoms with Crippen LogP contribution >= 0.6 is 0 Å². The van der Waals surface area contributed by atoms with E-state index < -0.39 is 0 Å². The highest BCUT2D eigenvalue weighted by molar-refractivity contribution is 5.91. The van der Waals surface area contributed by atoms with Crippen LogP contribution in [0.25, 0.3) is 0 Å². The predicted molar refractivity (Wildman–Crippen MR) is 105 cm³/mol. The topological polar surface area (TPSA) is 64.6 Å².